The number of anilines is 1. The standard InChI is InChI=1S/C13H19N5O2/c1-10(19)17-5-6-18(12-3-4-15-9-16-12)8-11(7-17)13(20)14-2/h3-4,9,11H,5-8H2,1-2H3,(H,14,20)/t11-/m1/s1. The van der Waals surface area contributed by atoms with E-state index in [0.29, 0.717) is 26.2 Å². The molecule has 2 amide bonds. The van der Waals surface area contributed by atoms with Crippen molar-refractivity contribution in [3.63, 3.8) is 0 Å². The lowest BCUT2D eigenvalue weighted by atomic mass is 10.1. The summed E-state index contributed by atoms with van der Waals surface area (Å²) in [6, 6.07) is 1.81. The lowest BCUT2D eigenvalue weighted by molar-refractivity contribution is -0.130. The molecule has 7 nitrogen and oxygen atoms in total. The number of carbonyl (C=O) groups excluding carboxylic acids is 2. The molecule has 2 rings (SSSR count). The van der Waals surface area contributed by atoms with Gasteiger partial charge in [0, 0.05) is 46.3 Å². The van der Waals surface area contributed by atoms with Gasteiger partial charge in [0.05, 0.1) is 5.92 Å². The first-order valence-electron chi connectivity index (χ1n) is 6.60. The number of nitrogens with zero attached hydrogens (tertiary/aromatic N) is 4. The maximum atomic E-state index is 12.0. The third-order valence-corrected chi connectivity index (χ3v) is 3.47. The van der Waals surface area contributed by atoms with Gasteiger partial charge in [0.25, 0.3) is 0 Å². The monoisotopic (exact) mass is 277 g/mol. The summed E-state index contributed by atoms with van der Waals surface area (Å²) < 4.78 is 0. The molecule has 108 valence electrons. The van der Waals surface area contributed by atoms with Gasteiger partial charge in [-0.25, -0.2) is 9.97 Å². The van der Waals surface area contributed by atoms with Gasteiger partial charge in [-0.3, -0.25) is 9.59 Å². The van der Waals surface area contributed by atoms with Crippen LogP contribution in [0.1, 0.15) is 6.92 Å². The molecule has 0 aromatic carbocycles. The highest BCUT2D eigenvalue weighted by molar-refractivity contribution is 5.81. The summed E-state index contributed by atoms with van der Waals surface area (Å²) in [5, 5.41) is 2.66. The first kappa shape index (κ1) is 14.2. The topological polar surface area (TPSA) is 78.4 Å². The molecule has 1 atom stereocenters. The lowest BCUT2D eigenvalue weighted by Gasteiger charge is -2.23. The zero-order valence-corrected chi connectivity index (χ0v) is 11.7. The van der Waals surface area contributed by atoms with E-state index in [-0.39, 0.29) is 17.7 Å². The number of carbonyl (C=O) groups is 2. The Labute approximate surface area is 118 Å². The molecule has 1 fully saturated rings. The third-order valence-electron chi connectivity index (χ3n) is 3.47. The molecule has 7 heteroatoms. The Balaban J connectivity index is 2.20. The van der Waals surface area contributed by atoms with E-state index in [1.54, 1.807) is 18.1 Å². The predicted octanol–water partition coefficient (Wildman–Crippen LogP) is -0.493. The van der Waals surface area contributed by atoms with Crippen LogP contribution in [0.25, 0.3) is 0 Å². The molecule has 1 aliphatic heterocycles. The molecule has 0 aliphatic carbocycles. The van der Waals surface area contributed by atoms with Crippen LogP contribution in [-0.2, 0) is 9.59 Å². The van der Waals surface area contributed by atoms with Gasteiger partial charge in [-0.2, -0.15) is 0 Å². The fourth-order valence-electron chi connectivity index (χ4n) is 2.35. The van der Waals surface area contributed by atoms with Crippen LogP contribution in [0.2, 0.25) is 0 Å². The summed E-state index contributed by atoms with van der Waals surface area (Å²) in [6.07, 6.45) is 3.16. The van der Waals surface area contributed by atoms with E-state index in [0.717, 1.165) is 5.82 Å². The normalized spacial score (nSPS) is 19.4. The molecule has 0 radical (unpaired) electrons. The molecular weight excluding hydrogens is 258 g/mol. The largest absolute Gasteiger partial charge is 0.359 e. The fraction of sp³-hybridized carbons (Fsp3) is 0.538. The van der Waals surface area contributed by atoms with Crippen LogP contribution < -0.4 is 10.2 Å². The van der Waals surface area contributed by atoms with Crippen LogP contribution in [0, 0.1) is 5.92 Å². The molecule has 1 aliphatic rings. The number of aromatic nitrogens is 2. The van der Waals surface area contributed by atoms with Gasteiger partial charge in [0.1, 0.15) is 12.1 Å². The van der Waals surface area contributed by atoms with Crippen LogP contribution >= 0.6 is 0 Å². The number of nitrogens with one attached hydrogen (secondary N) is 1. The van der Waals surface area contributed by atoms with Crippen molar-refractivity contribution in [1.29, 1.82) is 0 Å². The second kappa shape index (κ2) is 6.31. The van der Waals surface area contributed by atoms with Crippen molar-refractivity contribution >= 4 is 17.6 Å². The second-order valence-corrected chi connectivity index (χ2v) is 4.79. The Morgan fingerprint density at radius 2 is 2.15 bits per heavy atom. The van der Waals surface area contributed by atoms with Gasteiger partial charge >= 0.3 is 0 Å². The molecule has 20 heavy (non-hydrogen) atoms. The average molecular weight is 277 g/mol. The quantitative estimate of drug-likeness (QED) is 0.789. The van der Waals surface area contributed by atoms with Crippen molar-refractivity contribution in [2.75, 3.05) is 38.1 Å². The highest BCUT2D eigenvalue weighted by Gasteiger charge is 2.28. The number of hydrogen-bond acceptors (Lipinski definition) is 5. The summed E-state index contributed by atoms with van der Waals surface area (Å²) in [5.41, 5.74) is 0. The molecule has 0 bridgehead atoms. The smallest absolute Gasteiger partial charge is 0.226 e. The lowest BCUT2D eigenvalue weighted by Crippen LogP contribution is -2.41. The van der Waals surface area contributed by atoms with Crippen molar-refractivity contribution in [2.45, 2.75) is 6.92 Å². The summed E-state index contributed by atoms with van der Waals surface area (Å²) in [5.74, 6) is 0.446. The average Bonchev–Trinajstić information content (AvgIpc) is 2.70. The summed E-state index contributed by atoms with van der Waals surface area (Å²) in [6.45, 7) is 3.76. The van der Waals surface area contributed by atoms with Crippen molar-refractivity contribution < 1.29 is 9.59 Å². The Kier molecular flexibility index (Phi) is 4.49. The zero-order valence-electron chi connectivity index (χ0n) is 11.7. The maximum Gasteiger partial charge on any atom is 0.226 e. The van der Waals surface area contributed by atoms with E-state index < -0.39 is 0 Å². The van der Waals surface area contributed by atoms with Crippen LogP contribution in [-0.4, -0.2) is 59.9 Å². The van der Waals surface area contributed by atoms with E-state index in [1.807, 2.05) is 11.0 Å². The van der Waals surface area contributed by atoms with Gasteiger partial charge in [-0.05, 0) is 6.07 Å². The van der Waals surface area contributed by atoms with E-state index >= 15 is 0 Å². The summed E-state index contributed by atoms with van der Waals surface area (Å²) in [4.78, 5) is 35.4. The van der Waals surface area contributed by atoms with Gasteiger partial charge in [0.15, 0.2) is 0 Å². The van der Waals surface area contributed by atoms with Crippen LogP contribution in [0.3, 0.4) is 0 Å². The van der Waals surface area contributed by atoms with Crippen LogP contribution in [0.15, 0.2) is 18.6 Å². The molecule has 0 spiro atoms. The molecule has 1 aromatic heterocycles. The maximum absolute atomic E-state index is 12.0. The van der Waals surface area contributed by atoms with Gasteiger partial charge in [-0.1, -0.05) is 0 Å². The molecular formula is C13H19N5O2. The minimum absolute atomic E-state index is 0.0107. The van der Waals surface area contributed by atoms with E-state index in [2.05, 4.69) is 15.3 Å². The highest BCUT2D eigenvalue weighted by Crippen LogP contribution is 2.16. The molecule has 0 unspecified atom stereocenters. The summed E-state index contributed by atoms with van der Waals surface area (Å²) >= 11 is 0. The Morgan fingerprint density at radius 1 is 1.35 bits per heavy atom. The summed E-state index contributed by atoms with van der Waals surface area (Å²) in [7, 11) is 1.61. The van der Waals surface area contributed by atoms with Crippen molar-refractivity contribution in [3.8, 4) is 0 Å². The molecule has 0 saturated carbocycles. The predicted molar refractivity (Wildman–Crippen MR) is 74.1 cm³/mol. The van der Waals surface area contributed by atoms with Crippen molar-refractivity contribution in [2.24, 2.45) is 5.92 Å². The molecule has 1 aromatic rings. The van der Waals surface area contributed by atoms with Crippen LogP contribution in [0.5, 0.6) is 0 Å². The first-order valence-corrected chi connectivity index (χ1v) is 6.60. The van der Waals surface area contributed by atoms with E-state index in [9.17, 15) is 9.59 Å². The number of hydrogen-bond donors (Lipinski definition) is 1. The second-order valence-electron chi connectivity index (χ2n) is 4.79. The van der Waals surface area contributed by atoms with Gasteiger partial charge < -0.3 is 15.1 Å². The zero-order chi connectivity index (χ0) is 14.5. The first-order chi connectivity index (χ1) is 9.61. The van der Waals surface area contributed by atoms with Crippen LogP contribution in [0.4, 0.5) is 5.82 Å². The molecule has 2 heterocycles. The minimum atomic E-state index is -0.263. The fourth-order valence-corrected chi connectivity index (χ4v) is 2.35. The Hall–Kier alpha value is -2.18. The Bertz CT molecular complexity index is 479. The molecule has 1 saturated heterocycles. The SMILES string of the molecule is CNC(=O)[C@@H]1CN(C(C)=O)CCN(c2ccncn2)C1. The van der Waals surface area contributed by atoms with Crippen molar-refractivity contribution in [3.05, 3.63) is 18.6 Å². The molecule has 1 N–H and O–H groups in total. The van der Waals surface area contributed by atoms with E-state index in [4.69, 9.17) is 0 Å². The third kappa shape index (κ3) is 3.23. The van der Waals surface area contributed by atoms with Crippen molar-refractivity contribution in [1.82, 2.24) is 20.2 Å². The van der Waals surface area contributed by atoms with E-state index in [1.165, 1.54) is 13.3 Å². The number of amides is 2. The van der Waals surface area contributed by atoms with Gasteiger partial charge in [-0.15, -0.1) is 0 Å². The Morgan fingerprint density at radius 3 is 2.75 bits per heavy atom. The van der Waals surface area contributed by atoms with Gasteiger partial charge in [0.2, 0.25) is 11.8 Å². The number of rotatable bonds is 2. The minimum Gasteiger partial charge on any atom is -0.359 e. The highest BCUT2D eigenvalue weighted by atomic mass is 16.2.